The van der Waals surface area contributed by atoms with E-state index < -0.39 is 12.1 Å². The van der Waals surface area contributed by atoms with Crippen LogP contribution in [0.15, 0.2) is 54.6 Å². The van der Waals surface area contributed by atoms with Crippen molar-refractivity contribution in [2.24, 2.45) is 0 Å². The number of aliphatic carboxylic acids is 1. The largest absolute Gasteiger partial charge is 0.497 e. The predicted molar refractivity (Wildman–Crippen MR) is 109 cm³/mol. The summed E-state index contributed by atoms with van der Waals surface area (Å²) in [4.78, 5) is 13.3. The van der Waals surface area contributed by atoms with Crippen LogP contribution in [0.1, 0.15) is 5.56 Å². The van der Waals surface area contributed by atoms with Crippen LogP contribution in [0, 0.1) is 11.3 Å². The molecular weight excluding hydrogens is 435 g/mol. The van der Waals surface area contributed by atoms with Crippen LogP contribution in [0.5, 0.6) is 5.75 Å². The Labute approximate surface area is 180 Å². The number of nitrogens with zero attached hydrogens (tertiary/aromatic N) is 2. The van der Waals surface area contributed by atoms with Crippen molar-refractivity contribution in [2.75, 3.05) is 12.8 Å². The summed E-state index contributed by atoms with van der Waals surface area (Å²) >= 11 is 6.08. The molecule has 0 aliphatic rings. The number of alkyl halides is 3. The summed E-state index contributed by atoms with van der Waals surface area (Å²) in [5.74, 6) is -1.80. The van der Waals surface area contributed by atoms with Gasteiger partial charge in [0.05, 0.1) is 12.8 Å². The highest BCUT2D eigenvalue weighted by atomic mass is 35.5. The maximum absolute atomic E-state index is 10.6. The van der Waals surface area contributed by atoms with Gasteiger partial charge in [0.25, 0.3) is 0 Å². The molecule has 3 rings (SSSR count). The third-order valence-electron chi connectivity index (χ3n) is 3.92. The molecule has 0 aliphatic heterocycles. The Hall–Kier alpha value is -3.77. The Bertz CT molecular complexity index is 1130. The maximum Gasteiger partial charge on any atom is 0.490 e. The number of aromatic nitrogens is 1. The number of pyridine rings is 1. The summed E-state index contributed by atoms with van der Waals surface area (Å²) in [6.45, 7) is 0. The highest BCUT2D eigenvalue weighted by Crippen LogP contribution is 2.32. The lowest BCUT2D eigenvalue weighted by atomic mass is 9.98. The number of hydrogen-bond acceptors (Lipinski definition) is 5. The smallest absolute Gasteiger partial charge is 0.490 e. The Kier molecular flexibility index (Phi) is 7.45. The van der Waals surface area contributed by atoms with E-state index >= 15 is 0 Å². The summed E-state index contributed by atoms with van der Waals surface area (Å²) in [5, 5.41) is 17.2. The van der Waals surface area contributed by atoms with E-state index in [1.165, 1.54) is 0 Å². The van der Waals surface area contributed by atoms with Gasteiger partial charge in [0, 0.05) is 16.1 Å². The number of halogens is 4. The van der Waals surface area contributed by atoms with Gasteiger partial charge in [-0.25, -0.2) is 9.78 Å². The molecule has 6 nitrogen and oxygen atoms in total. The van der Waals surface area contributed by atoms with Gasteiger partial charge in [-0.2, -0.15) is 18.4 Å². The Morgan fingerprint density at radius 1 is 1.16 bits per heavy atom. The van der Waals surface area contributed by atoms with Gasteiger partial charge in [-0.05, 0) is 48.0 Å². The molecule has 3 aromatic rings. The first-order chi connectivity index (χ1) is 14.6. The molecule has 0 unspecified atom stereocenters. The molecule has 0 amide bonds. The lowest BCUT2D eigenvalue weighted by molar-refractivity contribution is -0.192. The molecule has 2 aromatic carbocycles. The Morgan fingerprint density at radius 3 is 2.26 bits per heavy atom. The first-order valence-corrected chi connectivity index (χ1v) is 8.85. The molecule has 1 heterocycles. The lowest BCUT2D eigenvalue weighted by Crippen LogP contribution is -2.21. The average molecular weight is 450 g/mol. The molecule has 0 bridgehead atoms. The fourth-order valence-electron chi connectivity index (χ4n) is 2.48. The van der Waals surface area contributed by atoms with Gasteiger partial charge < -0.3 is 15.6 Å². The molecular formula is C21H15ClF3N3O3. The number of nitrogens with two attached hydrogens (primary N) is 1. The van der Waals surface area contributed by atoms with E-state index in [2.05, 4.69) is 11.1 Å². The number of anilines is 1. The van der Waals surface area contributed by atoms with Crippen LogP contribution in [0.4, 0.5) is 19.0 Å². The second-order valence-electron chi connectivity index (χ2n) is 5.97. The van der Waals surface area contributed by atoms with Crippen molar-refractivity contribution in [3.8, 4) is 34.2 Å². The number of rotatable bonds is 3. The standard InChI is InChI=1S/C19H14ClN3O.C2HF3O2/c1-24-15-7-5-12(6-8-15)18-10-16(17(11-21)19(22)23-18)13-3-2-4-14(20)9-13;3-2(4,5)1(6)7/h2-10H,1H3,(H2,22,23);(H,6,7). The van der Waals surface area contributed by atoms with Gasteiger partial charge in [0.2, 0.25) is 0 Å². The van der Waals surface area contributed by atoms with Crippen LogP contribution in [0.2, 0.25) is 5.02 Å². The SMILES string of the molecule is COc1ccc(-c2cc(-c3cccc(Cl)c3)c(C#N)c(N)n2)cc1.O=C(O)C(F)(F)F. The Balaban J connectivity index is 0.000000423. The number of benzene rings is 2. The van der Waals surface area contributed by atoms with E-state index in [0.717, 1.165) is 16.9 Å². The van der Waals surface area contributed by atoms with Gasteiger partial charge >= 0.3 is 12.1 Å². The van der Waals surface area contributed by atoms with Gasteiger partial charge in [-0.1, -0.05) is 23.7 Å². The van der Waals surface area contributed by atoms with Crippen LogP contribution in [0.25, 0.3) is 22.4 Å². The number of nitriles is 1. The zero-order valence-electron chi connectivity index (χ0n) is 15.9. The Morgan fingerprint density at radius 2 is 1.77 bits per heavy atom. The number of ether oxygens (including phenoxy) is 1. The number of methoxy groups -OCH3 is 1. The van der Waals surface area contributed by atoms with E-state index in [1.54, 1.807) is 19.2 Å². The zero-order chi connectivity index (χ0) is 23.2. The van der Waals surface area contributed by atoms with Crippen LogP contribution in [-0.2, 0) is 4.79 Å². The normalized spacial score (nSPS) is 10.5. The van der Waals surface area contributed by atoms with E-state index in [9.17, 15) is 18.4 Å². The lowest BCUT2D eigenvalue weighted by Gasteiger charge is -2.11. The predicted octanol–water partition coefficient (Wildman–Crippen LogP) is 5.16. The molecule has 0 fully saturated rings. The minimum atomic E-state index is -5.08. The van der Waals surface area contributed by atoms with Gasteiger partial charge in [0.15, 0.2) is 0 Å². The number of carbonyl (C=O) groups is 1. The summed E-state index contributed by atoms with van der Waals surface area (Å²) in [7, 11) is 1.62. The number of nitrogen functional groups attached to an aromatic ring is 1. The summed E-state index contributed by atoms with van der Waals surface area (Å²) in [6.07, 6.45) is -5.08. The van der Waals surface area contributed by atoms with Crippen molar-refractivity contribution in [3.63, 3.8) is 0 Å². The minimum Gasteiger partial charge on any atom is -0.497 e. The first-order valence-electron chi connectivity index (χ1n) is 8.48. The van der Waals surface area contributed by atoms with Crippen LogP contribution in [0.3, 0.4) is 0 Å². The molecule has 0 saturated carbocycles. The fraction of sp³-hybridized carbons (Fsp3) is 0.0952. The number of carboxylic acids is 1. The van der Waals surface area contributed by atoms with Crippen molar-refractivity contribution in [2.45, 2.75) is 6.18 Å². The topological polar surface area (TPSA) is 109 Å². The molecule has 1 aromatic heterocycles. The molecule has 0 atom stereocenters. The van der Waals surface area contributed by atoms with Crippen molar-refractivity contribution >= 4 is 23.4 Å². The van der Waals surface area contributed by atoms with E-state index in [4.69, 9.17) is 32.0 Å². The molecule has 0 radical (unpaired) electrons. The van der Waals surface area contributed by atoms with Crippen LogP contribution < -0.4 is 10.5 Å². The highest BCUT2D eigenvalue weighted by molar-refractivity contribution is 6.30. The quantitative estimate of drug-likeness (QED) is 0.571. The minimum absolute atomic E-state index is 0.195. The van der Waals surface area contributed by atoms with Crippen LogP contribution in [-0.4, -0.2) is 29.3 Å². The molecule has 3 N–H and O–H groups in total. The van der Waals surface area contributed by atoms with Crippen molar-refractivity contribution < 1.29 is 27.8 Å². The van der Waals surface area contributed by atoms with Gasteiger partial charge in [0.1, 0.15) is 23.2 Å². The second kappa shape index (κ2) is 9.82. The maximum atomic E-state index is 10.6. The monoisotopic (exact) mass is 449 g/mol. The van der Waals surface area contributed by atoms with E-state index in [-0.39, 0.29) is 5.82 Å². The molecule has 0 spiro atoms. The van der Waals surface area contributed by atoms with Crippen molar-refractivity contribution in [1.82, 2.24) is 4.98 Å². The van der Waals surface area contributed by atoms with Crippen molar-refractivity contribution in [3.05, 3.63) is 65.2 Å². The number of carboxylic acid groups (broad SMARTS) is 1. The third kappa shape index (κ3) is 6.10. The molecule has 0 saturated heterocycles. The van der Waals surface area contributed by atoms with E-state index in [1.807, 2.05) is 42.5 Å². The van der Waals surface area contributed by atoms with E-state index in [0.29, 0.717) is 21.8 Å². The summed E-state index contributed by atoms with van der Waals surface area (Å²) in [6, 6.07) is 18.8. The van der Waals surface area contributed by atoms with Crippen molar-refractivity contribution in [1.29, 1.82) is 5.26 Å². The van der Waals surface area contributed by atoms with Crippen LogP contribution >= 0.6 is 11.6 Å². The molecule has 0 aliphatic carbocycles. The zero-order valence-corrected chi connectivity index (χ0v) is 16.7. The molecule has 31 heavy (non-hydrogen) atoms. The second-order valence-corrected chi connectivity index (χ2v) is 6.41. The fourth-order valence-corrected chi connectivity index (χ4v) is 2.67. The molecule has 160 valence electrons. The summed E-state index contributed by atoms with van der Waals surface area (Å²) in [5.41, 5.74) is 9.45. The first kappa shape index (κ1) is 23.5. The summed E-state index contributed by atoms with van der Waals surface area (Å²) < 4.78 is 36.9. The number of hydrogen-bond donors (Lipinski definition) is 2. The molecule has 10 heteroatoms. The van der Waals surface area contributed by atoms with Gasteiger partial charge in [-0.3, -0.25) is 0 Å². The average Bonchev–Trinajstić information content (AvgIpc) is 2.73. The van der Waals surface area contributed by atoms with Gasteiger partial charge in [-0.15, -0.1) is 0 Å². The highest BCUT2D eigenvalue weighted by Gasteiger charge is 2.38. The third-order valence-corrected chi connectivity index (χ3v) is 4.16.